The van der Waals surface area contributed by atoms with Crippen molar-refractivity contribution in [2.75, 3.05) is 5.32 Å². The molecule has 0 spiro atoms. The second kappa shape index (κ2) is 6.83. The van der Waals surface area contributed by atoms with Gasteiger partial charge in [0.05, 0.1) is 10.5 Å². The van der Waals surface area contributed by atoms with E-state index in [1.807, 2.05) is 39.0 Å². The van der Waals surface area contributed by atoms with Crippen molar-refractivity contribution in [3.8, 4) is 5.95 Å². The maximum atomic E-state index is 12.5. The van der Waals surface area contributed by atoms with Gasteiger partial charge in [0.1, 0.15) is 0 Å². The monoisotopic (exact) mass is 321 g/mol. The van der Waals surface area contributed by atoms with Crippen molar-refractivity contribution in [1.29, 1.82) is 0 Å². The average Bonchev–Trinajstić information content (AvgIpc) is 2.79. The fourth-order valence-electron chi connectivity index (χ4n) is 1.97. The zero-order valence-corrected chi connectivity index (χ0v) is 13.9. The molecule has 0 aliphatic heterocycles. The van der Waals surface area contributed by atoms with Gasteiger partial charge in [-0.2, -0.15) is 0 Å². The Kier molecular flexibility index (Phi) is 5.07. The molecular weight excluding hydrogens is 302 g/mol. The first-order valence-electron chi connectivity index (χ1n) is 7.00. The number of carbonyl (C=O) groups excluding carboxylic acids is 1. The molecule has 1 unspecified atom stereocenters. The molecule has 2 rings (SSSR count). The number of amides is 1. The predicted octanol–water partition coefficient (Wildman–Crippen LogP) is 1.70. The molecule has 1 aromatic heterocycles. The lowest BCUT2D eigenvalue weighted by atomic mass is 10.1. The van der Waals surface area contributed by atoms with Crippen LogP contribution in [-0.2, 0) is 11.8 Å². The Balaban J connectivity index is 2.14. The molecule has 2 aromatic rings. The van der Waals surface area contributed by atoms with Gasteiger partial charge in [-0.1, -0.05) is 23.7 Å². The van der Waals surface area contributed by atoms with Gasteiger partial charge in [-0.25, -0.2) is 0 Å². The lowest BCUT2D eigenvalue weighted by molar-refractivity contribution is -0.772. The molecule has 1 N–H and O–H groups in total. The Bertz CT molecular complexity index is 665. The Morgan fingerprint density at radius 2 is 2.23 bits per heavy atom. The highest BCUT2D eigenvalue weighted by atomic mass is 32.2. The normalized spacial score (nSPS) is 12.2. The summed E-state index contributed by atoms with van der Waals surface area (Å²) in [5.74, 6) is -0.660. The van der Waals surface area contributed by atoms with Gasteiger partial charge in [-0.15, -0.1) is 0 Å². The minimum atomic E-state index is -0.523. The van der Waals surface area contributed by atoms with Crippen LogP contribution in [0.2, 0.25) is 0 Å². The number of carbonyl (C=O) groups is 1. The number of aryl methyl sites for hydroxylation is 3. The summed E-state index contributed by atoms with van der Waals surface area (Å²) in [5, 5.41) is 18.0. The molecular formula is C15H19N3O3S. The van der Waals surface area contributed by atoms with Crippen LogP contribution < -0.4 is 15.1 Å². The van der Waals surface area contributed by atoms with Crippen LogP contribution in [0.5, 0.6) is 5.95 Å². The fourth-order valence-corrected chi connectivity index (χ4v) is 2.89. The summed E-state index contributed by atoms with van der Waals surface area (Å²) < 4.78 is 5.93. The number of benzene rings is 1. The van der Waals surface area contributed by atoms with E-state index in [1.165, 1.54) is 16.4 Å². The van der Waals surface area contributed by atoms with E-state index in [9.17, 15) is 9.90 Å². The van der Waals surface area contributed by atoms with Crippen molar-refractivity contribution in [3.63, 3.8) is 0 Å². The van der Waals surface area contributed by atoms with E-state index >= 15 is 0 Å². The second-order valence-electron chi connectivity index (χ2n) is 5.11. The van der Waals surface area contributed by atoms with Crippen molar-refractivity contribution >= 4 is 23.4 Å². The van der Waals surface area contributed by atoms with Gasteiger partial charge >= 0.3 is 0 Å². The van der Waals surface area contributed by atoms with Gasteiger partial charge in [-0.05, 0) is 49.2 Å². The van der Waals surface area contributed by atoms with Gasteiger partial charge in [0.15, 0.2) is 13.0 Å². The molecule has 6 nitrogen and oxygen atoms in total. The Morgan fingerprint density at radius 3 is 2.82 bits per heavy atom. The predicted molar refractivity (Wildman–Crippen MR) is 81.6 cm³/mol. The number of thioether (sulfide) groups is 1. The molecule has 118 valence electrons. The number of hydrogen-bond donors (Lipinski definition) is 1. The van der Waals surface area contributed by atoms with E-state index in [2.05, 4.69) is 15.1 Å². The highest BCUT2D eigenvalue weighted by molar-refractivity contribution is 8.00. The maximum absolute atomic E-state index is 12.5. The largest absolute Gasteiger partial charge is 0.538 e. The number of anilines is 1. The smallest absolute Gasteiger partial charge is 0.291 e. The molecule has 0 bridgehead atoms. The second-order valence-corrected chi connectivity index (χ2v) is 6.30. The minimum Gasteiger partial charge on any atom is -0.538 e. The lowest BCUT2D eigenvalue weighted by Crippen LogP contribution is -2.34. The molecule has 0 aliphatic carbocycles. The summed E-state index contributed by atoms with van der Waals surface area (Å²) in [6.07, 6.45) is 0.589. The number of nitrogens with zero attached hydrogens (tertiary/aromatic N) is 2. The van der Waals surface area contributed by atoms with Crippen LogP contribution in [0.3, 0.4) is 0 Å². The van der Waals surface area contributed by atoms with Gasteiger partial charge in [0.2, 0.25) is 5.91 Å². The van der Waals surface area contributed by atoms with Crippen LogP contribution in [0.4, 0.5) is 5.69 Å². The highest BCUT2D eigenvalue weighted by Gasteiger charge is 2.25. The van der Waals surface area contributed by atoms with Crippen LogP contribution in [0.1, 0.15) is 24.5 Å². The zero-order chi connectivity index (χ0) is 16.3. The van der Waals surface area contributed by atoms with Crippen molar-refractivity contribution in [3.05, 3.63) is 29.3 Å². The first-order chi connectivity index (χ1) is 10.4. The van der Waals surface area contributed by atoms with Crippen LogP contribution in [0, 0.1) is 13.8 Å². The van der Waals surface area contributed by atoms with Gasteiger partial charge < -0.3 is 14.9 Å². The number of nitrogens with one attached hydrogen (secondary N) is 1. The molecule has 0 radical (unpaired) electrons. The van der Waals surface area contributed by atoms with E-state index in [0.717, 1.165) is 16.8 Å². The molecule has 0 fully saturated rings. The first kappa shape index (κ1) is 16.4. The maximum Gasteiger partial charge on any atom is 0.291 e. The Morgan fingerprint density at radius 1 is 1.50 bits per heavy atom. The Hall–Kier alpha value is -2.02. The third-order valence-corrected chi connectivity index (χ3v) is 4.77. The van der Waals surface area contributed by atoms with Gasteiger partial charge in [-0.3, -0.25) is 4.79 Å². The molecule has 1 atom stereocenters. The molecule has 1 aromatic carbocycles. The quantitative estimate of drug-likeness (QED) is 0.669. The van der Waals surface area contributed by atoms with Gasteiger partial charge in [0, 0.05) is 5.69 Å². The van der Waals surface area contributed by atoms with E-state index in [4.69, 9.17) is 0 Å². The van der Waals surface area contributed by atoms with Crippen LogP contribution >= 0.6 is 11.8 Å². The molecule has 0 aliphatic rings. The molecule has 1 heterocycles. The highest BCUT2D eigenvalue weighted by Crippen LogP contribution is 2.29. The summed E-state index contributed by atoms with van der Waals surface area (Å²) in [6, 6.07) is 5.90. The van der Waals surface area contributed by atoms with Crippen LogP contribution in [0.15, 0.2) is 27.7 Å². The lowest BCUT2D eigenvalue weighted by Gasteiger charge is -2.14. The fraction of sp³-hybridized carbons (Fsp3) is 0.400. The Labute approximate surface area is 133 Å². The standard InChI is InChI=1S/C15H19N3O3S/c1-5-12(22-14-15(20)21-17-18(14)4)13(19)16-11-8-9(2)6-7-10(11)3/h6-8,12H,5H2,1-4H3,(H-,16,17,19,20). The number of rotatable bonds is 5. The van der Waals surface area contributed by atoms with Crippen LogP contribution in [-0.4, -0.2) is 16.4 Å². The topological polar surface area (TPSA) is 82.1 Å². The first-order valence-corrected chi connectivity index (χ1v) is 7.88. The van der Waals surface area contributed by atoms with Crippen molar-refractivity contribution in [2.45, 2.75) is 37.5 Å². The van der Waals surface area contributed by atoms with E-state index in [-0.39, 0.29) is 5.91 Å². The summed E-state index contributed by atoms with van der Waals surface area (Å²) in [6.45, 7) is 5.82. The number of aromatic nitrogens is 2. The summed E-state index contributed by atoms with van der Waals surface area (Å²) in [4.78, 5) is 12.5. The summed E-state index contributed by atoms with van der Waals surface area (Å²) in [5.41, 5.74) is 2.87. The van der Waals surface area contributed by atoms with Gasteiger partial charge in [0.25, 0.3) is 5.03 Å². The third-order valence-electron chi connectivity index (χ3n) is 3.28. The van der Waals surface area contributed by atoms with Crippen molar-refractivity contribution < 1.29 is 19.1 Å². The van der Waals surface area contributed by atoms with E-state index in [1.54, 1.807) is 7.05 Å². The molecule has 1 amide bonds. The zero-order valence-electron chi connectivity index (χ0n) is 13.0. The molecule has 0 saturated carbocycles. The van der Waals surface area contributed by atoms with E-state index in [0.29, 0.717) is 11.4 Å². The molecule has 7 heteroatoms. The summed E-state index contributed by atoms with van der Waals surface area (Å²) in [7, 11) is 1.61. The van der Waals surface area contributed by atoms with Crippen molar-refractivity contribution in [1.82, 2.24) is 5.27 Å². The third kappa shape index (κ3) is 3.59. The molecule has 22 heavy (non-hydrogen) atoms. The number of hydrogen-bond acceptors (Lipinski definition) is 5. The minimum absolute atomic E-state index is 0.137. The van der Waals surface area contributed by atoms with E-state index < -0.39 is 11.2 Å². The van der Waals surface area contributed by atoms with Crippen LogP contribution in [0.25, 0.3) is 0 Å². The summed E-state index contributed by atoms with van der Waals surface area (Å²) >= 11 is 1.17. The SMILES string of the molecule is CCC(Sc1c([O-])on[n+]1C)C(=O)Nc1cc(C)ccc1C. The average molecular weight is 321 g/mol. The van der Waals surface area contributed by atoms with Crippen molar-refractivity contribution in [2.24, 2.45) is 7.05 Å². The molecule has 0 saturated heterocycles.